The van der Waals surface area contributed by atoms with Crippen molar-refractivity contribution in [3.05, 3.63) is 29.8 Å². The Labute approximate surface area is 144 Å². The van der Waals surface area contributed by atoms with Gasteiger partial charge in [0.25, 0.3) is 0 Å². The zero-order valence-corrected chi connectivity index (χ0v) is 14.8. The number of hydrogen-bond acceptors (Lipinski definition) is 3. The molecule has 1 saturated heterocycles. The number of Topliss-reactive ketones (excluding diaryl/α,β-unsaturated/α-hetero) is 1. The summed E-state index contributed by atoms with van der Waals surface area (Å²) in [6.45, 7) is 5.93. The monoisotopic (exact) mass is 333 g/mol. The average Bonchev–Trinajstić information content (AvgIpc) is 2.55. The SMILES string of the molecule is CC(=O)CCc1ccccc1NC(=S)NCCN1CCCCC1. The van der Waals surface area contributed by atoms with Gasteiger partial charge in [-0.15, -0.1) is 0 Å². The summed E-state index contributed by atoms with van der Waals surface area (Å²) in [5.74, 6) is 0.210. The quantitative estimate of drug-likeness (QED) is 0.751. The molecule has 0 atom stereocenters. The molecule has 0 aromatic heterocycles. The van der Waals surface area contributed by atoms with Crippen LogP contribution >= 0.6 is 12.2 Å². The van der Waals surface area contributed by atoms with Gasteiger partial charge in [0.15, 0.2) is 5.11 Å². The first-order valence-electron chi connectivity index (χ1n) is 8.49. The number of thiocarbonyl (C=S) groups is 1. The normalized spacial score (nSPS) is 15.2. The lowest BCUT2D eigenvalue weighted by Crippen LogP contribution is -2.39. The van der Waals surface area contributed by atoms with Crippen molar-refractivity contribution < 1.29 is 4.79 Å². The maximum atomic E-state index is 11.2. The number of anilines is 1. The van der Waals surface area contributed by atoms with E-state index >= 15 is 0 Å². The van der Waals surface area contributed by atoms with Crippen molar-refractivity contribution in [1.29, 1.82) is 0 Å². The number of nitrogens with zero attached hydrogens (tertiary/aromatic N) is 1. The van der Waals surface area contributed by atoms with E-state index in [1.54, 1.807) is 6.92 Å². The van der Waals surface area contributed by atoms with Gasteiger partial charge < -0.3 is 20.3 Å². The number of benzene rings is 1. The minimum absolute atomic E-state index is 0.210. The molecule has 1 aromatic carbocycles. The molecule has 0 saturated carbocycles. The van der Waals surface area contributed by atoms with Crippen molar-refractivity contribution in [3.8, 4) is 0 Å². The van der Waals surface area contributed by atoms with Crippen LogP contribution in [0.25, 0.3) is 0 Å². The van der Waals surface area contributed by atoms with Gasteiger partial charge in [-0.2, -0.15) is 0 Å². The van der Waals surface area contributed by atoms with Crippen LogP contribution in [0.2, 0.25) is 0 Å². The average molecular weight is 334 g/mol. The molecule has 0 spiro atoms. The molecule has 1 aliphatic heterocycles. The molecule has 1 aromatic rings. The van der Waals surface area contributed by atoms with E-state index < -0.39 is 0 Å². The Hall–Kier alpha value is -1.46. The molecule has 0 unspecified atom stereocenters. The molecule has 0 bridgehead atoms. The van der Waals surface area contributed by atoms with Crippen LogP contribution < -0.4 is 10.6 Å². The first kappa shape index (κ1) is 17.9. The number of para-hydroxylation sites is 1. The summed E-state index contributed by atoms with van der Waals surface area (Å²) in [6, 6.07) is 8.03. The van der Waals surface area contributed by atoms with Gasteiger partial charge in [0.1, 0.15) is 5.78 Å². The van der Waals surface area contributed by atoms with Crippen LogP contribution in [-0.2, 0) is 11.2 Å². The van der Waals surface area contributed by atoms with Crippen LogP contribution in [-0.4, -0.2) is 42.0 Å². The van der Waals surface area contributed by atoms with Crippen LogP contribution in [0.15, 0.2) is 24.3 Å². The van der Waals surface area contributed by atoms with E-state index in [9.17, 15) is 4.79 Å². The minimum atomic E-state index is 0.210. The minimum Gasteiger partial charge on any atom is -0.361 e. The smallest absolute Gasteiger partial charge is 0.170 e. The van der Waals surface area contributed by atoms with Crippen molar-refractivity contribution in [2.24, 2.45) is 0 Å². The van der Waals surface area contributed by atoms with Crippen molar-refractivity contribution in [1.82, 2.24) is 10.2 Å². The Morgan fingerprint density at radius 1 is 1.22 bits per heavy atom. The second-order valence-electron chi connectivity index (χ2n) is 6.14. The van der Waals surface area contributed by atoms with Crippen LogP contribution in [0.5, 0.6) is 0 Å². The van der Waals surface area contributed by atoms with Crippen molar-refractivity contribution in [2.75, 3.05) is 31.5 Å². The van der Waals surface area contributed by atoms with E-state index in [-0.39, 0.29) is 5.78 Å². The number of nitrogens with one attached hydrogen (secondary N) is 2. The molecule has 2 N–H and O–H groups in total. The maximum Gasteiger partial charge on any atom is 0.170 e. The maximum absolute atomic E-state index is 11.2. The van der Waals surface area contributed by atoms with Gasteiger partial charge in [-0.3, -0.25) is 0 Å². The van der Waals surface area contributed by atoms with Gasteiger partial charge >= 0.3 is 0 Å². The molecule has 0 aliphatic carbocycles. The number of ketones is 1. The molecular formula is C18H27N3OS. The molecule has 1 fully saturated rings. The van der Waals surface area contributed by atoms with Crippen molar-refractivity contribution in [3.63, 3.8) is 0 Å². The molecule has 23 heavy (non-hydrogen) atoms. The van der Waals surface area contributed by atoms with E-state index in [2.05, 4.69) is 15.5 Å². The van der Waals surface area contributed by atoms with E-state index in [4.69, 9.17) is 12.2 Å². The largest absolute Gasteiger partial charge is 0.361 e. The van der Waals surface area contributed by atoms with Crippen LogP contribution in [0.4, 0.5) is 5.69 Å². The molecule has 5 heteroatoms. The lowest BCUT2D eigenvalue weighted by atomic mass is 10.1. The molecule has 4 nitrogen and oxygen atoms in total. The van der Waals surface area contributed by atoms with Gasteiger partial charge in [0.2, 0.25) is 0 Å². The number of carbonyl (C=O) groups is 1. The molecule has 0 radical (unpaired) electrons. The van der Waals surface area contributed by atoms with Crippen LogP contribution in [0.1, 0.15) is 38.2 Å². The van der Waals surface area contributed by atoms with E-state index in [1.165, 1.54) is 32.4 Å². The Balaban J connectivity index is 1.76. The second kappa shape index (κ2) is 9.63. The molecule has 1 aliphatic rings. The van der Waals surface area contributed by atoms with E-state index in [1.807, 2.05) is 24.3 Å². The molecule has 126 valence electrons. The van der Waals surface area contributed by atoms with Gasteiger partial charge in [-0.1, -0.05) is 24.6 Å². The first-order valence-corrected chi connectivity index (χ1v) is 8.90. The topological polar surface area (TPSA) is 44.4 Å². The Morgan fingerprint density at radius 2 is 1.96 bits per heavy atom. The summed E-state index contributed by atoms with van der Waals surface area (Å²) in [4.78, 5) is 13.7. The van der Waals surface area contributed by atoms with Crippen molar-refractivity contribution >= 4 is 28.8 Å². The summed E-state index contributed by atoms with van der Waals surface area (Å²) >= 11 is 5.39. The van der Waals surface area contributed by atoms with Gasteiger partial charge in [0, 0.05) is 25.2 Å². The zero-order chi connectivity index (χ0) is 16.5. The number of likely N-dealkylation sites (tertiary alicyclic amines) is 1. The third-order valence-electron chi connectivity index (χ3n) is 4.17. The molecule has 1 heterocycles. The molecule has 2 rings (SSSR count). The van der Waals surface area contributed by atoms with Crippen LogP contribution in [0, 0.1) is 0 Å². The standard InChI is InChI=1S/C18H27N3OS/c1-15(22)9-10-16-7-3-4-8-17(16)20-18(23)19-11-14-21-12-5-2-6-13-21/h3-4,7-8H,2,5-6,9-14H2,1H3,(H2,19,20,23). The number of hydrogen-bond donors (Lipinski definition) is 2. The Bertz CT molecular complexity index is 527. The number of carbonyl (C=O) groups excluding carboxylic acids is 1. The summed E-state index contributed by atoms with van der Waals surface area (Å²) in [6.07, 6.45) is 5.29. The fourth-order valence-corrected chi connectivity index (χ4v) is 3.06. The highest BCUT2D eigenvalue weighted by Gasteiger charge is 2.09. The Kier molecular flexibility index (Phi) is 7.49. The lowest BCUT2D eigenvalue weighted by Gasteiger charge is -2.26. The van der Waals surface area contributed by atoms with E-state index in [0.29, 0.717) is 11.5 Å². The second-order valence-corrected chi connectivity index (χ2v) is 6.55. The molecular weight excluding hydrogens is 306 g/mol. The fraction of sp³-hybridized carbons (Fsp3) is 0.556. The summed E-state index contributed by atoms with van der Waals surface area (Å²) < 4.78 is 0. The summed E-state index contributed by atoms with van der Waals surface area (Å²) in [7, 11) is 0. The lowest BCUT2D eigenvalue weighted by molar-refractivity contribution is -0.116. The molecule has 0 amide bonds. The fourth-order valence-electron chi connectivity index (χ4n) is 2.85. The van der Waals surface area contributed by atoms with Crippen LogP contribution in [0.3, 0.4) is 0 Å². The van der Waals surface area contributed by atoms with Gasteiger partial charge in [-0.25, -0.2) is 0 Å². The van der Waals surface area contributed by atoms with E-state index in [0.717, 1.165) is 30.8 Å². The van der Waals surface area contributed by atoms with Gasteiger partial charge in [-0.05, 0) is 63.1 Å². The van der Waals surface area contributed by atoms with Crippen molar-refractivity contribution in [2.45, 2.75) is 39.0 Å². The third kappa shape index (κ3) is 6.67. The predicted octanol–water partition coefficient (Wildman–Crippen LogP) is 2.98. The predicted molar refractivity (Wildman–Crippen MR) is 100.0 cm³/mol. The Morgan fingerprint density at radius 3 is 2.70 bits per heavy atom. The summed E-state index contributed by atoms with van der Waals surface area (Å²) in [5, 5.41) is 7.20. The third-order valence-corrected chi connectivity index (χ3v) is 4.42. The number of piperidine rings is 1. The zero-order valence-electron chi connectivity index (χ0n) is 13.9. The number of rotatable bonds is 7. The summed E-state index contributed by atoms with van der Waals surface area (Å²) in [5.41, 5.74) is 2.12. The number of aryl methyl sites for hydroxylation is 1. The first-order chi connectivity index (χ1) is 11.1. The van der Waals surface area contributed by atoms with Gasteiger partial charge in [0.05, 0.1) is 0 Å². The highest BCUT2D eigenvalue weighted by Crippen LogP contribution is 2.17. The highest BCUT2D eigenvalue weighted by molar-refractivity contribution is 7.80. The highest BCUT2D eigenvalue weighted by atomic mass is 32.1.